The van der Waals surface area contributed by atoms with Crippen LogP contribution in [0, 0.1) is 11.8 Å². The molecule has 7 nitrogen and oxygen atoms in total. The molecule has 3 aromatic rings. The van der Waals surface area contributed by atoms with E-state index in [1.165, 1.54) is 62.3 Å². The first-order valence-corrected chi connectivity index (χ1v) is 15.3. The molecule has 3 aliphatic rings. The zero-order chi connectivity index (χ0) is 29.6. The lowest BCUT2D eigenvalue weighted by Gasteiger charge is -2.55. The standard InChI is InChI=1S/C35H42N2O5/c38-24-23-37-20-17-36(18-21-37,19-22-37)16-4-7-27-8-12-30(13-9-27)31-14-10-29(11-15-31)26-33(35(41)42)32(34(39)40)25-28-5-2-1-3-6-28/h1-3,5-6,8-15,32-33,38H,4,7,16-26H2/p+2/t32-,33-,36?,37?/m0/s1. The number of fused-ring (bicyclic) bond motifs is 3. The number of carbonyl (C=O) groups is 2. The number of piperazine rings is 3. The summed E-state index contributed by atoms with van der Waals surface area (Å²) in [6.07, 6.45) is 2.60. The topological polar surface area (TPSA) is 94.8 Å². The highest BCUT2D eigenvalue weighted by molar-refractivity contribution is 5.80. The molecule has 222 valence electrons. The van der Waals surface area contributed by atoms with Crippen LogP contribution in [0.3, 0.4) is 0 Å². The lowest BCUT2D eigenvalue weighted by molar-refractivity contribution is -1.08. The van der Waals surface area contributed by atoms with E-state index in [4.69, 9.17) is 0 Å². The Morgan fingerprint density at radius 2 is 1.02 bits per heavy atom. The van der Waals surface area contributed by atoms with Gasteiger partial charge in [-0.15, -0.1) is 0 Å². The molecule has 3 N–H and O–H groups in total. The molecular weight excluding hydrogens is 528 g/mol. The van der Waals surface area contributed by atoms with Gasteiger partial charge in [0.15, 0.2) is 0 Å². The number of quaternary nitrogens is 2. The molecule has 0 aliphatic carbocycles. The molecule has 2 bridgehead atoms. The molecule has 7 heteroatoms. The Kier molecular flexibility index (Phi) is 9.41. The Morgan fingerprint density at radius 3 is 1.48 bits per heavy atom. The van der Waals surface area contributed by atoms with Crippen molar-refractivity contribution in [3.8, 4) is 11.1 Å². The Hall–Kier alpha value is -3.52. The highest BCUT2D eigenvalue weighted by atomic mass is 16.4. The summed E-state index contributed by atoms with van der Waals surface area (Å²) < 4.78 is 2.37. The summed E-state index contributed by atoms with van der Waals surface area (Å²) in [4.78, 5) is 24.2. The van der Waals surface area contributed by atoms with Crippen LogP contribution >= 0.6 is 0 Å². The van der Waals surface area contributed by atoms with Crippen molar-refractivity contribution in [2.45, 2.75) is 25.7 Å². The van der Waals surface area contributed by atoms with E-state index in [9.17, 15) is 24.9 Å². The SMILES string of the molecule is O=C(O)[C@@H](Cc1ccccc1)[C@H](Cc1ccc(-c2ccc(CCC[N+]34CC[N+](CCO)(CC3)CC4)cc2)cc1)C(=O)O. The van der Waals surface area contributed by atoms with Gasteiger partial charge in [0.1, 0.15) is 45.8 Å². The highest BCUT2D eigenvalue weighted by Crippen LogP contribution is 2.28. The average Bonchev–Trinajstić information content (AvgIpc) is 3.01. The third-order valence-electron chi connectivity index (χ3n) is 9.93. The van der Waals surface area contributed by atoms with Crippen LogP contribution in [0.2, 0.25) is 0 Å². The van der Waals surface area contributed by atoms with Gasteiger partial charge in [-0.2, -0.15) is 0 Å². The van der Waals surface area contributed by atoms with Crippen molar-refractivity contribution in [3.05, 3.63) is 95.6 Å². The van der Waals surface area contributed by atoms with Crippen LogP contribution in [0.5, 0.6) is 0 Å². The van der Waals surface area contributed by atoms with E-state index in [1.807, 2.05) is 54.6 Å². The molecule has 0 unspecified atom stereocenters. The molecule has 3 aromatic carbocycles. The number of rotatable bonds is 14. The minimum Gasteiger partial charge on any atom is -0.481 e. The molecule has 0 aromatic heterocycles. The highest BCUT2D eigenvalue weighted by Gasteiger charge is 2.48. The third-order valence-corrected chi connectivity index (χ3v) is 9.93. The van der Waals surface area contributed by atoms with Crippen LogP contribution in [0.4, 0.5) is 0 Å². The predicted octanol–water partition coefficient (Wildman–Crippen LogP) is 4.13. The van der Waals surface area contributed by atoms with Crippen molar-refractivity contribution in [1.82, 2.24) is 0 Å². The Labute approximate surface area is 248 Å². The maximum Gasteiger partial charge on any atom is 0.307 e. The molecule has 3 heterocycles. The summed E-state index contributed by atoms with van der Waals surface area (Å²) in [5.41, 5.74) is 5.15. The summed E-state index contributed by atoms with van der Waals surface area (Å²) >= 11 is 0. The van der Waals surface area contributed by atoms with Gasteiger partial charge in [-0.3, -0.25) is 9.59 Å². The number of aryl methyl sites for hydroxylation is 1. The maximum absolute atomic E-state index is 12.1. The van der Waals surface area contributed by atoms with Gasteiger partial charge in [0.2, 0.25) is 0 Å². The van der Waals surface area contributed by atoms with Gasteiger partial charge in [0, 0.05) is 6.42 Å². The third kappa shape index (κ3) is 7.09. The molecule has 0 saturated carbocycles. The predicted molar refractivity (Wildman–Crippen MR) is 163 cm³/mol. The molecule has 3 saturated heterocycles. The molecule has 3 fully saturated rings. The van der Waals surface area contributed by atoms with Crippen LogP contribution in [-0.2, 0) is 28.9 Å². The van der Waals surface area contributed by atoms with Crippen LogP contribution in [0.25, 0.3) is 11.1 Å². The second-order valence-corrected chi connectivity index (χ2v) is 12.5. The molecule has 42 heavy (non-hydrogen) atoms. The molecule has 3 aliphatic heterocycles. The number of benzene rings is 3. The van der Waals surface area contributed by atoms with E-state index in [0.717, 1.165) is 39.7 Å². The lowest BCUT2D eigenvalue weighted by Crippen LogP contribution is -2.75. The molecular formula is C35H44N2O5+2. The zero-order valence-corrected chi connectivity index (χ0v) is 24.4. The van der Waals surface area contributed by atoms with Crippen molar-refractivity contribution >= 4 is 11.9 Å². The first kappa shape index (κ1) is 30.0. The molecule has 0 spiro atoms. The second kappa shape index (κ2) is 13.2. The molecule has 0 amide bonds. The quantitative estimate of drug-likeness (QED) is 0.253. The fraction of sp³-hybridized carbons (Fsp3) is 0.429. The van der Waals surface area contributed by atoms with E-state index in [0.29, 0.717) is 6.61 Å². The Morgan fingerprint density at radius 1 is 0.595 bits per heavy atom. The van der Waals surface area contributed by atoms with E-state index in [-0.39, 0.29) is 12.8 Å². The maximum atomic E-state index is 12.1. The summed E-state index contributed by atoms with van der Waals surface area (Å²) in [6, 6.07) is 25.8. The number of hydrogen-bond acceptors (Lipinski definition) is 3. The number of aliphatic carboxylic acids is 2. The zero-order valence-electron chi connectivity index (χ0n) is 24.4. The number of carboxylic acid groups (broad SMARTS) is 2. The minimum absolute atomic E-state index is 0.166. The number of aliphatic hydroxyl groups excluding tert-OH is 1. The second-order valence-electron chi connectivity index (χ2n) is 12.5. The largest absolute Gasteiger partial charge is 0.481 e. The van der Waals surface area contributed by atoms with Gasteiger partial charge in [-0.25, -0.2) is 0 Å². The van der Waals surface area contributed by atoms with E-state index in [1.54, 1.807) is 0 Å². The van der Waals surface area contributed by atoms with E-state index >= 15 is 0 Å². The summed E-state index contributed by atoms with van der Waals surface area (Å²) in [5.74, 6) is -4.20. The number of carboxylic acids is 2. The van der Waals surface area contributed by atoms with Gasteiger partial charge >= 0.3 is 11.9 Å². The van der Waals surface area contributed by atoms with Crippen molar-refractivity contribution in [1.29, 1.82) is 0 Å². The Bertz CT molecular complexity index is 1320. The van der Waals surface area contributed by atoms with Crippen LogP contribution in [-0.4, -0.2) is 95.2 Å². The van der Waals surface area contributed by atoms with Crippen LogP contribution in [0.1, 0.15) is 23.1 Å². The number of hydrogen-bond donors (Lipinski definition) is 3. The fourth-order valence-electron chi connectivity index (χ4n) is 7.07. The molecule has 6 rings (SSSR count). The molecule has 0 radical (unpaired) electrons. The van der Waals surface area contributed by atoms with Gasteiger partial charge < -0.3 is 24.3 Å². The van der Waals surface area contributed by atoms with E-state index in [2.05, 4.69) is 24.3 Å². The normalized spacial score (nSPS) is 22.9. The summed E-state index contributed by atoms with van der Waals surface area (Å²) in [7, 11) is 0. The first-order valence-electron chi connectivity index (χ1n) is 15.3. The van der Waals surface area contributed by atoms with Crippen LogP contribution < -0.4 is 0 Å². The minimum atomic E-state index is -1.09. The lowest BCUT2D eigenvalue weighted by atomic mass is 9.82. The monoisotopic (exact) mass is 572 g/mol. The van der Waals surface area contributed by atoms with Gasteiger partial charge in [-0.05, 0) is 47.1 Å². The summed E-state index contributed by atoms with van der Waals surface area (Å²) in [5, 5.41) is 29.2. The fourth-order valence-corrected chi connectivity index (χ4v) is 7.07. The van der Waals surface area contributed by atoms with Gasteiger partial charge in [0.05, 0.1) is 25.0 Å². The van der Waals surface area contributed by atoms with Crippen molar-refractivity contribution < 1.29 is 33.9 Å². The van der Waals surface area contributed by atoms with E-state index < -0.39 is 23.8 Å². The first-order chi connectivity index (χ1) is 20.3. The number of aliphatic hydroxyl groups is 1. The Balaban J connectivity index is 1.15. The van der Waals surface area contributed by atoms with Crippen molar-refractivity contribution in [2.24, 2.45) is 11.8 Å². The van der Waals surface area contributed by atoms with Crippen LogP contribution in [0.15, 0.2) is 78.9 Å². The van der Waals surface area contributed by atoms with Gasteiger partial charge in [-0.1, -0.05) is 78.9 Å². The summed E-state index contributed by atoms with van der Waals surface area (Å²) in [6.45, 7) is 9.79. The molecule has 2 atom stereocenters. The average molecular weight is 573 g/mol. The van der Waals surface area contributed by atoms with Crippen molar-refractivity contribution in [2.75, 3.05) is 59.0 Å². The van der Waals surface area contributed by atoms with Gasteiger partial charge in [0.25, 0.3) is 0 Å². The number of nitrogens with zero attached hydrogens (tertiary/aromatic N) is 2. The smallest absolute Gasteiger partial charge is 0.307 e. The van der Waals surface area contributed by atoms with Crippen molar-refractivity contribution in [3.63, 3.8) is 0 Å².